The Labute approximate surface area is 98.6 Å². The molecular formula is C13H10N4. The zero-order chi connectivity index (χ0) is 11.5. The van der Waals surface area contributed by atoms with Gasteiger partial charge in [0, 0.05) is 36.5 Å². The van der Waals surface area contributed by atoms with Crippen LogP contribution < -0.4 is 0 Å². The second kappa shape index (κ2) is 4.17. The minimum Gasteiger partial charge on any atom is -0.265 e. The fraction of sp³-hybridized carbons (Fsp3) is 0. The molecule has 3 aromatic heterocycles. The summed E-state index contributed by atoms with van der Waals surface area (Å²) < 4.78 is 1.76. The average molecular weight is 222 g/mol. The highest BCUT2D eigenvalue weighted by Crippen LogP contribution is 2.23. The van der Waals surface area contributed by atoms with Crippen molar-refractivity contribution in [3.05, 3.63) is 61.3 Å². The van der Waals surface area contributed by atoms with Gasteiger partial charge < -0.3 is 0 Å². The quantitative estimate of drug-likeness (QED) is 0.668. The Balaban J connectivity index is 2.18. The Bertz CT molecular complexity index is 602. The standard InChI is InChI=1S/C13H10N4/c1-3-12(11-4-8-14-9-5-11)13(15-6-1)17-10-2-7-16-17/h1-10H. The lowest BCUT2D eigenvalue weighted by Crippen LogP contribution is -2.00. The van der Waals surface area contributed by atoms with Gasteiger partial charge in [-0.3, -0.25) is 4.98 Å². The van der Waals surface area contributed by atoms with E-state index in [1.807, 2.05) is 36.5 Å². The maximum absolute atomic E-state index is 4.38. The fourth-order valence-corrected chi connectivity index (χ4v) is 1.73. The molecule has 0 atom stereocenters. The van der Waals surface area contributed by atoms with E-state index in [1.54, 1.807) is 29.5 Å². The van der Waals surface area contributed by atoms with Crippen LogP contribution in [0.5, 0.6) is 0 Å². The summed E-state index contributed by atoms with van der Waals surface area (Å²) in [5.74, 6) is 0.823. The van der Waals surface area contributed by atoms with Crippen LogP contribution in [0.25, 0.3) is 16.9 Å². The molecule has 0 aromatic carbocycles. The van der Waals surface area contributed by atoms with E-state index in [0.29, 0.717) is 0 Å². The Morgan fingerprint density at radius 1 is 0.882 bits per heavy atom. The van der Waals surface area contributed by atoms with Crippen LogP contribution in [0.2, 0.25) is 0 Å². The highest BCUT2D eigenvalue weighted by molar-refractivity contribution is 5.69. The number of hydrogen-bond acceptors (Lipinski definition) is 3. The number of aromatic nitrogens is 4. The molecule has 0 aliphatic carbocycles. The fourth-order valence-electron chi connectivity index (χ4n) is 1.73. The molecule has 0 N–H and O–H groups in total. The number of pyridine rings is 2. The van der Waals surface area contributed by atoms with E-state index < -0.39 is 0 Å². The average Bonchev–Trinajstić information content (AvgIpc) is 2.94. The van der Waals surface area contributed by atoms with Crippen LogP contribution in [-0.4, -0.2) is 19.7 Å². The molecular weight excluding hydrogens is 212 g/mol. The summed E-state index contributed by atoms with van der Waals surface area (Å²) in [6.07, 6.45) is 8.93. The van der Waals surface area contributed by atoms with Crippen molar-refractivity contribution >= 4 is 0 Å². The molecule has 0 saturated heterocycles. The monoisotopic (exact) mass is 222 g/mol. The maximum atomic E-state index is 4.38. The normalized spacial score (nSPS) is 10.4. The molecule has 0 amide bonds. The molecule has 0 aliphatic heterocycles. The van der Waals surface area contributed by atoms with Gasteiger partial charge in [0.2, 0.25) is 0 Å². The van der Waals surface area contributed by atoms with Crippen molar-refractivity contribution in [2.24, 2.45) is 0 Å². The van der Waals surface area contributed by atoms with Crippen LogP contribution in [0.4, 0.5) is 0 Å². The summed E-state index contributed by atoms with van der Waals surface area (Å²) in [5.41, 5.74) is 2.12. The molecule has 3 heterocycles. The third kappa shape index (κ3) is 1.80. The molecule has 4 nitrogen and oxygen atoms in total. The molecule has 3 aromatic rings. The van der Waals surface area contributed by atoms with Crippen LogP contribution in [-0.2, 0) is 0 Å². The SMILES string of the molecule is c1cnc(-n2cccn2)c(-c2ccncc2)c1. The molecule has 82 valence electrons. The first kappa shape index (κ1) is 9.72. The summed E-state index contributed by atoms with van der Waals surface area (Å²) in [5, 5.41) is 4.21. The number of hydrogen-bond donors (Lipinski definition) is 0. The Hall–Kier alpha value is -2.49. The van der Waals surface area contributed by atoms with Gasteiger partial charge >= 0.3 is 0 Å². The van der Waals surface area contributed by atoms with Gasteiger partial charge in [-0.25, -0.2) is 9.67 Å². The van der Waals surface area contributed by atoms with E-state index in [0.717, 1.165) is 16.9 Å². The number of rotatable bonds is 2. The van der Waals surface area contributed by atoms with E-state index in [9.17, 15) is 0 Å². The van der Waals surface area contributed by atoms with Crippen molar-refractivity contribution in [3.8, 4) is 16.9 Å². The smallest absolute Gasteiger partial charge is 0.161 e. The van der Waals surface area contributed by atoms with E-state index in [4.69, 9.17) is 0 Å². The van der Waals surface area contributed by atoms with Crippen molar-refractivity contribution in [3.63, 3.8) is 0 Å². The zero-order valence-corrected chi connectivity index (χ0v) is 9.06. The molecule has 0 radical (unpaired) electrons. The lowest BCUT2D eigenvalue weighted by molar-refractivity contribution is 0.849. The first-order valence-electron chi connectivity index (χ1n) is 5.30. The van der Waals surface area contributed by atoms with Gasteiger partial charge in [0.1, 0.15) is 0 Å². The van der Waals surface area contributed by atoms with Gasteiger partial charge in [-0.15, -0.1) is 0 Å². The van der Waals surface area contributed by atoms with Crippen molar-refractivity contribution < 1.29 is 0 Å². The van der Waals surface area contributed by atoms with Gasteiger partial charge in [-0.2, -0.15) is 5.10 Å². The Morgan fingerprint density at radius 3 is 2.53 bits per heavy atom. The molecule has 0 aliphatic rings. The topological polar surface area (TPSA) is 43.6 Å². The first-order chi connectivity index (χ1) is 8.45. The Morgan fingerprint density at radius 2 is 1.76 bits per heavy atom. The molecule has 0 spiro atoms. The lowest BCUT2D eigenvalue weighted by atomic mass is 10.1. The molecule has 17 heavy (non-hydrogen) atoms. The van der Waals surface area contributed by atoms with Crippen LogP contribution in [0, 0.1) is 0 Å². The largest absolute Gasteiger partial charge is 0.265 e. The second-order valence-electron chi connectivity index (χ2n) is 3.56. The van der Waals surface area contributed by atoms with Gasteiger partial charge in [0.25, 0.3) is 0 Å². The summed E-state index contributed by atoms with van der Waals surface area (Å²) >= 11 is 0. The van der Waals surface area contributed by atoms with Gasteiger partial charge in [0.15, 0.2) is 5.82 Å². The predicted octanol–water partition coefficient (Wildman–Crippen LogP) is 2.33. The number of nitrogens with zero attached hydrogens (tertiary/aromatic N) is 4. The zero-order valence-electron chi connectivity index (χ0n) is 9.06. The van der Waals surface area contributed by atoms with E-state index in [2.05, 4.69) is 15.1 Å². The summed E-state index contributed by atoms with van der Waals surface area (Å²) in [4.78, 5) is 8.40. The summed E-state index contributed by atoms with van der Waals surface area (Å²) in [6.45, 7) is 0. The van der Waals surface area contributed by atoms with E-state index in [-0.39, 0.29) is 0 Å². The van der Waals surface area contributed by atoms with E-state index in [1.165, 1.54) is 0 Å². The minimum absolute atomic E-state index is 0.823. The van der Waals surface area contributed by atoms with Crippen LogP contribution in [0.1, 0.15) is 0 Å². The van der Waals surface area contributed by atoms with Crippen LogP contribution in [0.15, 0.2) is 61.3 Å². The first-order valence-corrected chi connectivity index (χ1v) is 5.30. The van der Waals surface area contributed by atoms with Crippen molar-refractivity contribution in [1.82, 2.24) is 19.7 Å². The molecule has 3 rings (SSSR count). The molecule has 0 unspecified atom stereocenters. The molecule has 0 bridgehead atoms. The maximum Gasteiger partial charge on any atom is 0.161 e. The summed E-state index contributed by atoms with van der Waals surface area (Å²) in [6, 6.07) is 9.75. The molecule has 4 heteroatoms. The van der Waals surface area contributed by atoms with Gasteiger partial charge in [0.05, 0.1) is 0 Å². The lowest BCUT2D eigenvalue weighted by Gasteiger charge is -2.07. The second-order valence-corrected chi connectivity index (χ2v) is 3.56. The highest BCUT2D eigenvalue weighted by Gasteiger charge is 2.07. The Kier molecular flexibility index (Phi) is 2.38. The van der Waals surface area contributed by atoms with Crippen molar-refractivity contribution in [1.29, 1.82) is 0 Å². The highest BCUT2D eigenvalue weighted by atomic mass is 15.3. The van der Waals surface area contributed by atoms with Crippen molar-refractivity contribution in [2.75, 3.05) is 0 Å². The van der Waals surface area contributed by atoms with E-state index >= 15 is 0 Å². The summed E-state index contributed by atoms with van der Waals surface area (Å²) in [7, 11) is 0. The van der Waals surface area contributed by atoms with Gasteiger partial charge in [-0.05, 0) is 35.9 Å². The third-order valence-corrected chi connectivity index (χ3v) is 2.50. The van der Waals surface area contributed by atoms with Crippen LogP contribution in [0.3, 0.4) is 0 Å². The van der Waals surface area contributed by atoms with Crippen LogP contribution >= 0.6 is 0 Å². The predicted molar refractivity (Wildman–Crippen MR) is 64.6 cm³/mol. The minimum atomic E-state index is 0.823. The molecule has 0 saturated carbocycles. The third-order valence-electron chi connectivity index (χ3n) is 2.50. The van der Waals surface area contributed by atoms with Crippen molar-refractivity contribution in [2.45, 2.75) is 0 Å². The van der Waals surface area contributed by atoms with Gasteiger partial charge in [-0.1, -0.05) is 0 Å². The molecule has 0 fully saturated rings.